The smallest absolute Gasteiger partial charge is 0.372 e. The number of hydrogen-bond donors (Lipinski definition) is 0. The van der Waals surface area contributed by atoms with Gasteiger partial charge in [0.15, 0.2) is 0 Å². The molecule has 0 aromatic carbocycles. The molecule has 1 aliphatic heterocycles. The van der Waals surface area contributed by atoms with Crippen molar-refractivity contribution in [1.82, 2.24) is 0 Å². The van der Waals surface area contributed by atoms with E-state index in [9.17, 15) is 0 Å². The lowest BCUT2D eigenvalue weighted by molar-refractivity contribution is -0.0124. The molecule has 2 unspecified atom stereocenters. The van der Waals surface area contributed by atoms with Crippen molar-refractivity contribution in [2.45, 2.75) is 45.9 Å². The van der Waals surface area contributed by atoms with E-state index in [0.717, 1.165) is 13.0 Å². The van der Waals surface area contributed by atoms with Crippen LogP contribution in [0.15, 0.2) is 12.2 Å². The fourth-order valence-electron chi connectivity index (χ4n) is 1.97. The van der Waals surface area contributed by atoms with E-state index in [-0.39, 0.29) is 11.8 Å². The van der Waals surface area contributed by atoms with Crippen LogP contribution in [-0.4, -0.2) is 53.7 Å². The first-order valence-electron chi connectivity index (χ1n) is 7.48. The molecule has 5 nitrogen and oxygen atoms in total. The zero-order valence-electron chi connectivity index (χ0n) is 13.1. The van der Waals surface area contributed by atoms with Crippen LogP contribution in [0.4, 0.5) is 0 Å². The Hall–Kier alpha value is -0.243. The zero-order valence-corrected chi connectivity index (χ0v) is 14.1. The summed E-state index contributed by atoms with van der Waals surface area (Å²) < 4.78 is 29.0. The van der Waals surface area contributed by atoms with Crippen LogP contribution in [0.25, 0.3) is 0 Å². The summed E-state index contributed by atoms with van der Waals surface area (Å²) in [6.07, 6.45) is 5.03. The monoisotopic (exact) mass is 304 g/mol. The SMILES string of the molecule is C/C=C\CC(OCC1CO1)[Si](OCC)(OCC)OCC. The minimum absolute atomic E-state index is 0.178. The Morgan fingerprint density at radius 3 is 2.10 bits per heavy atom. The van der Waals surface area contributed by atoms with E-state index < -0.39 is 8.80 Å². The predicted molar refractivity (Wildman–Crippen MR) is 79.5 cm³/mol. The molecule has 0 amide bonds. The first-order valence-corrected chi connectivity index (χ1v) is 9.28. The molecule has 0 bridgehead atoms. The molecule has 0 aliphatic carbocycles. The van der Waals surface area contributed by atoms with Crippen molar-refractivity contribution in [1.29, 1.82) is 0 Å². The fraction of sp³-hybridized carbons (Fsp3) is 0.857. The van der Waals surface area contributed by atoms with Gasteiger partial charge >= 0.3 is 8.80 Å². The molecular formula is C14H28O5Si. The Morgan fingerprint density at radius 1 is 1.15 bits per heavy atom. The van der Waals surface area contributed by atoms with Crippen molar-refractivity contribution in [2.24, 2.45) is 0 Å². The second-order valence-corrected chi connectivity index (χ2v) is 7.20. The van der Waals surface area contributed by atoms with Gasteiger partial charge < -0.3 is 22.8 Å². The first kappa shape index (κ1) is 17.8. The molecule has 0 saturated carbocycles. The summed E-state index contributed by atoms with van der Waals surface area (Å²) in [5.74, 6) is 0. The van der Waals surface area contributed by atoms with Crippen molar-refractivity contribution < 1.29 is 22.8 Å². The number of ether oxygens (including phenoxy) is 2. The molecule has 1 fully saturated rings. The average Bonchev–Trinajstić information content (AvgIpc) is 3.23. The Labute approximate surface area is 123 Å². The van der Waals surface area contributed by atoms with E-state index >= 15 is 0 Å². The van der Waals surface area contributed by atoms with Crippen LogP contribution in [-0.2, 0) is 22.8 Å². The molecule has 0 N–H and O–H groups in total. The van der Waals surface area contributed by atoms with Gasteiger partial charge in [-0.25, -0.2) is 0 Å². The Morgan fingerprint density at radius 2 is 1.70 bits per heavy atom. The summed E-state index contributed by atoms with van der Waals surface area (Å²) >= 11 is 0. The summed E-state index contributed by atoms with van der Waals surface area (Å²) in [4.78, 5) is 0. The molecule has 0 radical (unpaired) electrons. The second-order valence-electron chi connectivity index (χ2n) is 4.48. The van der Waals surface area contributed by atoms with E-state index in [2.05, 4.69) is 6.08 Å². The topological polar surface area (TPSA) is 49.5 Å². The molecule has 1 heterocycles. The van der Waals surface area contributed by atoms with E-state index in [1.807, 2.05) is 33.8 Å². The summed E-state index contributed by atoms with van der Waals surface area (Å²) in [6, 6.07) is 0. The van der Waals surface area contributed by atoms with Gasteiger partial charge in [-0.1, -0.05) is 12.2 Å². The molecule has 0 aromatic heterocycles. The third-order valence-electron chi connectivity index (χ3n) is 2.90. The third kappa shape index (κ3) is 5.63. The van der Waals surface area contributed by atoms with Crippen molar-refractivity contribution >= 4 is 8.80 Å². The molecule has 0 spiro atoms. The summed E-state index contributed by atoms with van der Waals surface area (Å²) in [6.45, 7) is 10.9. The summed E-state index contributed by atoms with van der Waals surface area (Å²) in [5.41, 5.74) is -0.178. The number of hydrogen-bond acceptors (Lipinski definition) is 5. The van der Waals surface area contributed by atoms with Gasteiger partial charge in [0.25, 0.3) is 0 Å². The predicted octanol–water partition coefficient (Wildman–Crippen LogP) is 2.32. The van der Waals surface area contributed by atoms with Crippen LogP contribution in [0.1, 0.15) is 34.1 Å². The quantitative estimate of drug-likeness (QED) is 0.315. The maximum absolute atomic E-state index is 6.00. The Bertz CT molecular complexity index is 264. The lowest BCUT2D eigenvalue weighted by atomic mass is 10.4. The third-order valence-corrected chi connectivity index (χ3v) is 6.17. The van der Waals surface area contributed by atoms with Crippen molar-refractivity contribution in [3.63, 3.8) is 0 Å². The van der Waals surface area contributed by atoms with Crippen molar-refractivity contribution in [2.75, 3.05) is 33.0 Å². The van der Waals surface area contributed by atoms with Gasteiger partial charge in [0, 0.05) is 19.8 Å². The van der Waals surface area contributed by atoms with Gasteiger partial charge in [0.1, 0.15) is 11.8 Å². The highest BCUT2D eigenvalue weighted by Gasteiger charge is 2.50. The maximum atomic E-state index is 6.00. The van der Waals surface area contributed by atoms with Crippen LogP contribution >= 0.6 is 0 Å². The van der Waals surface area contributed by atoms with Crippen molar-refractivity contribution in [3.05, 3.63) is 12.2 Å². The molecule has 1 rings (SSSR count). The van der Waals surface area contributed by atoms with Gasteiger partial charge in [0.05, 0.1) is 13.2 Å². The highest BCUT2D eigenvalue weighted by Crippen LogP contribution is 2.23. The highest BCUT2D eigenvalue weighted by atomic mass is 28.4. The number of epoxide rings is 1. The van der Waals surface area contributed by atoms with Crippen LogP contribution in [0.2, 0.25) is 0 Å². The number of allylic oxidation sites excluding steroid dienone is 1. The van der Waals surface area contributed by atoms with Gasteiger partial charge in [-0.05, 0) is 34.1 Å². The molecule has 2 atom stereocenters. The molecular weight excluding hydrogens is 276 g/mol. The molecule has 0 aromatic rings. The maximum Gasteiger partial charge on any atom is 0.531 e. The lowest BCUT2D eigenvalue weighted by Gasteiger charge is -2.34. The molecule has 20 heavy (non-hydrogen) atoms. The van der Waals surface area contributed by atoms with E-state index in [1.54, 1.807) is 0 Å². The Kier molecular flexibility index (Phi) is 8.59. The van der Waals surface area contributed by atoms with Crippen molar-refractivity contribution in [3.8, 4) is 0 Å². The second kappa shape index (κ2) is 9.65. The zero-order chi connectivity index (χ0) is 14.8. The summed E-state index contributed by atoms with van der Waals surface area (Å²) in [7, 11) is -2.83. The first-order chi connectivity index (χ1) is 9.72. The summed E-state index contributed by atoms with van der Waals surface area (Å²) in [5, 5.41) is 0. The standard InChI is InChI=1S/C14H28O5Si/c1-5-9-10-14(16-12-13-11-15-13)20(17-6-2,18-7-3)19-8-4/h5,9,13-14H,6-8,10-12H2,1-4H3/b9-5-. The van der Waals surface area contributed by atoms with Crippen LogP contribution in [0.3, 0.4) is 0 Å². The van der Waals surface area contributed by atoms with Crippen LogP contribution in [0, 0.1) is 0 Å². The highest BCUT2D eigenvalue weighted by molar-refractivity contribution is 6.62. The normalized spacial score (nSPS) is 20.5. The average molecular weight is 304 g/mol. The van der Waals surface area contributed by atoms with E-state index in [1.165, 1.54) is 0 Å². The van der Waals surface area contributed by atoms with Gasteiger partial charge in [0.2, 0.25) is 0 Å². The van der Waals surface area contributed by atoms with E-state index in [0.29, 0.717) is 26.4 Å². The molecule has 1 aliphatic rings. The van der Waals surface area contributed by atoms with Crippen LogP contribution in [0.5, 0.6) is 0 Å². The largest absolute Gasteiger partial charge is 0.531 e. The molecule has 118 valence electrons. The molecule has 1 saturated heterocycles. The minimum Gasteiger partial charge on any atom is -0.372 e. The van der Waals surface area contributed by atoms with Gasteiger partial charge in [-0.15, -0.1) is 0 Å². The minimum atomic E-state index is -2.83. The number of rotatable bonds is 12. The molecule has 6 heteroatoms. The van der Waals surface area contributed by atoms with E-state index in [4.69, 9.17) is 22.8 Å². The Balaban J connectivity index is 2.78. The van der Waals surface area contributed by atoms with Gasteiger partial charge in [-0.3, -0.25) is 0 Å². The van der Waals surface area contributed by atoms with Crippen LogP contribution < -0.4 is 0 Å². The fourth-order valence-corrected chi connectivity index (χ4v) is 4.71. The van der Waals surface area contributed by atoms with Gasteiger partial charge in [-0.2, -0.15) is 0 Å². The lowest BCUT2D eigenvalue weighted by Crippen LogP contribution is -2.57.